The Morgan fingerprint density at radius 2 is 2.12 bits per heavy atom. The Morgan fingerprint density at radius 1 is 1.38 bits per heavy atom. The molecule has 0 saturated carbocycles. The molecule has 0 aliphatic carbocycles. The predicted molar refractivity (Wildman–Crippen MR) is 97.0 cm³/mol. The van der Waals surface area contributed by atoms with Crippen LogP contribution >= 0.6 is 22.9 Å². The lowest BCUT2D eigenvalue weighted by Gasteiger charge is -2.40. The molecule has 0 spiro atoms. The normalized spacial score (nSPS) is 19.0. The van der Waals surface area contributed by atoms with Gasteiger partial charge in [-0.2, -0.15) is 4.98 Å². The molecule has 0 unspecified atom stereocenters. The van der Waals surface area contributed by atoms with Crippen LogP contribution < -0.4 is 4.90 Å². The number of hydrogen-bond acceptors (Lipinski definition) is 6. The van der Waals surface area contributed by atoms with Gasteiger partial charge in [0.1, 0.15) is 5.60 Å². The van der Waals surface area contributed by atoms with E-state index < -0.39 is 5.60 Å². The van der Waals surface area contributed by atoms with Gasteiger partial charge in [-0.05, 0) is 50.7 Å². The highest BCUT2D eigenvalue weighted by Gasteiger charge is 2.31. The molecule has 1 fully saturated rings. The zero-order valence-electron chi connectivity index (χ0n) is 14.2. The summed E-state index contributed by atoms with van der Waals surface area (Å²) >= 11 is 7.67. The second-order valence-corrected chi connectivity index (χ2v) is 8.17. The molecule has 3 heterocycles. The molecule has 1 atom stereocenters. The first-order valence-corrected chi connectivity index (χ1v) is 9.15. The van der Waals surface area contributed by atoms with E-state index in [1.807, 2.05) is 32.2 Å². The standard InChI is InChI=1S/C16H21ClN4O2S/c1-10-9-20(15(22)23-16(2,3)4)6-7-21(10)13-12-11(5-8-24-12)18-14(17)19-13/h5,8,10H,6-7,9H2,1-4H3/t10-/m1/s1. The van der Waals surface area contributed by atoms with Gasteiger partial charge in [0.05, 0.1) is 10.2 Å². The molecule has 1 aliphatic rings. The summed E-state index contributed by atoms with van der Waals surface area (Å²) in [6.07, 6.45) is -0.268. The Balaban J connectivity index is 1.78. The monoisotopic (exact) mass is 368 g/mol. The third kappa shape index (κ3) is 3.57. The minimum Gasteiger partial charge on any atom is -0.444 e. The molecule has 1 saturated heterocycles. The molecule has 130 valence electrons. The van der Waals surface area contributed by atoms with Crippen LogP contribution in [0.4, 0.5) is 10.6 Å². The number of ether oxygens (including phenoxy) is 1. The van der Waals surface area contributed by atoms with Gasteiger partial charge in [0.15, 0.2) is 5.82 Å². The summed E-state index contributed by atoms with van der Waals surface area (Å²) in [7, 11) is 0. The van der Waals surface area contributed by atoms with Crippen LogP contribution in [0.15, 0.2) is 11.4 Å². The Labute approximate surface area is 150 Å². The van der Waals surface area contributed by atoms with Crippen molar-refractivity contribution in [2.24, 2.45) is 0 Å². The van der Waals surface area contributed by atoms with E-state index in [9.17, 15) is 4.79 Å². The fraction of sp³-hybridized carbons (Fsp3) is 0.562. The molecular formula is C16H21ClN4O2S. The SMILES string of the molecule is C[C@@H]1CN(C(=O)OC(C)(C)C)CCN1c1nc(Cl)nc2ccsc12. The third-order valence-electron chi connectivity index (χ3n) is 3.81. The molecule has 1 amide bonds. The van der Waals surface area contributed by atoms with Crippen molar-refractivity contribution in [3.63, 3.8) is 0 Å². The number of nitrogens with zero attached hydrogens (tertiary/aromatic N) is 4. The number of amides is 1. The van der Waals surface area contributed by atoms with Crippen molar-refractivity contribution in [1.82, 2.24) is 14.9 Å². The summed E-state index contributed by atoms with van der Waals surface area (Å²) in [5.41, 5.74) is 0.373. The number of carbonyl (C=O) groups is 1. The average Bonchev–Trinajstić information content (AvgIpc) is 2.92. The van der Waals surface area contributed by atoms with Gasteiger partial charge in [-0.25, -0.2) is 9.78 Å². The lowest BCUT2D eigenvalue weighted by Crippen LogP contribution is -2.54. The van der Waals surface area contributed by atoms with Crippen LogP contribution in [0.2, 0.25) is 5.28 Å². The smallest absolute Gasteiger partial charge is 0.410 e. The maximum atomic E-state index is 12.3. The molecule has 6 nitrogen and oxygen atoms in total. The number of hydrogen-bond donors (Lipinski definition) is 0. The van der Waals surface area contributed by atoms with Crippen LogP contribution in [0, 0.1) is 0 Å². The van der Waals surface area contributed by atoms with Gasteiger partial charge >= 0.3 is 6.09 Å². The summed E-state index contributed by atoms with van der Waals surface area (Å²) in [6, 6.07) is 2.06. The number of fused-ring (bicyclic) bond motifs is 1. The van der Waals surface area contributed by atoms with E-state index in [0.29, 0.717) is 19.6 Å². The lowest BCUT2D eigenvalue weighted by molar-refractivity contribution is 0.0218. The van der Waals surface area contributed by atoms with E-state index in [1.54, 1.807) is 16.2 Å². The molecule has 0 aromatic carbocycles. The van der Waals surface area contributed by atoms with Crippen LogP contribution in [-0.2, 0) is 4.74 Å². The number of anilines is 1. The van der Waals surface area contributed by atoms with Crippen LogP contribution in [0.25, 0.3) is 10.2 Å². The molecular weight excluding hydrogens is 348 g/mol. The summed E-state index contributed by atoms with van der Waals surface area (Å²) in [6.45, 7) is 9.56. The summed E-state index contributed by atoms with van der Waals surface area (Å²) in [5, 5.41) is 2.23. The Kier molecular flexibility index (Phi) is 4.57. The molecule has 1 aliphatic heterocycles. The number of aromatic nitrogens is 2. The number of halogens is 1. The van der Waals surface area contributed by atoms with E-state index in [2.05, 4.69) is 21.8 Å². The van der Waals surface area contributed by atoms with Crippen molar-refractivity contribution in [3.05, 3.63) is 16.7 Å². The number of rotatable bonds is 1. The molecule has 0 N–H and O–H groups in total. The Hall–Kier alpha value is -1.60. The second-order valence-electron chi connectivity index (χ2n) is 6.92. The predicted octanol–water partition coefficient (Wildman–Crippen LogP) is 3.79. The van der Waals surface area contributed by atoms with Gasteiger partial charge in [-0.15, -0.1) is 11.3 Å². The molecule has 3 rings (SSSR count). The van der Waals surface area contributed by atoms with E-state index in [-0.39, 0.29) is 17.4 Å². The fourth-order valence-corrected chi connectivity index (χ4v) is 3.79. The third-order valence-corrected chi connectivity index (χ3v) is 4.88. The molecule has 2 aromatic rings. The Bertz CT molecular complexity index is 758. The zero-order valence-corrected chi connectivity index (χ0v) is 15.8. The second kappa shape index (κ2) is 6.37. The van der Waals surface area contributed by atoms with Gasteiger partial charge in [-0.1, -0.05) is 0 Å². The fourth-order valence-electron chi connectivity index (χ4n) is 2.78. The molecule has 2 aromatic heterocycles. The number of thiophene rings is 1. The van der Waals surface area contributed by atoms with Gasteiger partial charge in [0.25, 0.3) is 0 Å². The summed E-state index contributed by atoms with van der Waals surface area (Å²) in [4.78, 5) is 24.9. The number of piperazine rings is 1. The highest BCUT2D eigenvalue weighted by Crippen LogP contribution is 2.32. The van der Waals surface area contributed by atoms with E-state index in [1.165, 1.54) is 0 Å². The summed E-state index contributed by atoms with van der Waals surface area (Å²) < 4.78 is 6.49. The van der Waals surface area contributed by atoms with Gasteiger partial charge in [-0.3, -0.25) is 0 Å². The first kappa shape index (κ1) is 17.2. The van der Waals surface area contributed by atoms with Crippen molar-refractivity contribution >= 4 is 45.1 Å². The first-order valence-electron chi connectivity index (χ1n) is 7.90. The van der Waals surface area contributed by atoms with Gasteiger partial charge in [0, 0.05) is 25.7 Å². The summed E-state index contributed by atoms with van der Waals surface area (Å²) in [5.74, 6) is 0.844. The molecule has 0 radical (unpaired) electrons. The lowest BCUT2D eigenvalue weighted by atomic mass is 10.2. The topological polar surface area (TPSA) is 58.6 Å². The maximum Gasteiger partial charge on any atom is 0.410 e. The highest BCUT2D eigenvalue weighted by atomic mass is 35.5. The zero-order chi connectivity index (χ0) is 17.5. The van der Waals surface area contributed by atoms with Crippen molar-refractivity contribution in [1.29, 1.82) is 0 Å². The highest BCUT2D eigenvalue weighted by molar-refractivity contribution is 7.17. The van der Waals surface area contributed by atoms with Gasteiger partial charge < -0.3 is 14.5 Å². The maximum absolute atomic E-state index is 12.3. The van der Waals surface area contributed by atoms with E-state index >= 15 is 0 Å². The van der Waals surface area contributed by atoms with Crippen molar-refractivity contribution < 1.29 is 9.53 Å². The minimum atomic E-state index is -0.485. The minimum absolute atomic E-state index is 0.113. The first-order chi connectivity index (χ1) is 11.2. The van der Waals surface area contributed by atoms with Crippen LogP contribution in [0.5, 0.6) is 0 Å². The Morgan fingerprint density at radius 3 is 2.79 bits per heavy atom. The van der Waals surface area contributed by atoms with Crippen LogP contribution in [0.1, 0.15) is 27.7 Å². The van der Waals surface area contributed by atoms with E-state index in [4.69, 9.17) is 16.3 Å². The molecule has 8 heteroatoms. The van der Waals surface area contributed by atoms with Crippen molar-refractivity contribution in [2.75, 3.05) is 24.5 Å². The average molecular weight is 369 g/mol. The van der Waals surface area contributed by atoms with Crippen LogP contribution in [0.3, 0.4) is 0 Å². The van der Waals surface area contributed by atoms with Crippen molar-refractivity contribution in [3.8, 4) is 0 Å². The van der Waals surface area contributed by atoms with Gasteiger partial charge in [0.2, 0.25) is 5.28 Å². The van der Waals surface area contributed by atoms with Crippen molar-refractivity contribution in [2.45, 2.75) is 39.3 Å². The molecule has 24 heavy (non-hydrogen) atoms. The molecule has 0 bridgehead atoms. The number of carbonyl (C=O) groups excluding carboxylic acids is 1. The quantitative estimate of drug-likeness (QED) is 0.717. The van der Waals surface area contributed by atoms with E-state index in [0.717, 1.165) is 16.0 Å². The van der Waals surface area contributed by atoms with Crippen LogP contribution in [-0.4, -0.2) is 52.2 Å². The largest absolute Gasteiger partial charge is 0.444 e.